The smallest absolute Gasteiger partial charge is 0.0232 e. The van der Waals surface area contributed by atoms with E-state index in [4.69, 9.17) is 0 Å². The van der Waals surface area contributed by atoms with Gasteiger partial charge in [0.1, 0.15) is 0 Å². The third-order valence-electron chi connectivity index (χ3n) is 2.94. The number of fused-ring (bicyclic) bond motifs is 2. The quantitative estimate of drug-likeness (QED) is 0.563. The van der Waals surface area contributed by atoms with Gasteiger partial charge >= 0.3 is 0 Å². The Kier molecular flexibility index (Phi) is 1.66. The number of hydrogen-bond donors (Lipinski definition) is 1. The fourth-order valence-electron chi connectivity index (χ4n) is 2.34. The van der Waals surface area contributed by atoms with E-state index in [1.807, 2.05) is 0 Å². The van der Waals surface area contributed by atoms with E-state index >= 15 is 0 Å². The van der Waals surface area contributed by atoms with Crippen LogP contribution in [0.2, 0.25) is 0 Å². The van der Waals surface area contributed by atoms with Gasteiger partial charge in [0.05, 0.1) is 0 Å². The highest BCUT2D eigenvalue weighted by Crippen LogP contribution is 2.26. The van der Waals surface area contributed by atoms with Crippen molar-refractivity contribution in [1.29, 1.82) is 0 Å². The van der Waals surface area contributed by atoms with E-state index in [1.165, 1.54) is 32.5 Å². The topological polar surface area (TPSA) is 15.3 Å². The summed E-state index contributed by atoms with van der Waals surface area (Å²) in [5.74, 6) is 0.957. The lowest BCUT2D eigenvalue weighted by Crippen LogP contribution is -2.32. The van der Waals surface area contributed by atoms with Crippen LogP contribution in [0.25, 0.3) is 0 Å². The van der Waals surface area contributed by atoms with Crippen LogP contribution in [0, 0.1) is 5.92 Å². The van der Waals surface area contributed by atoms with Crippen molar-refractivity contribution < 1.29 is 0 Å². The molecule has 0 spiro atoms. The zero-order chi connectivity index (χ0) is 6.97. The van der Waals surface area contributed by atoms with Crippen molar-refractivity contribution in [3.05, 3.63) is 0 Å². The summed E-state index contributed by atoms with van der Waals surface area (Å²) in [7, 11) is 2.09. The third kappa shape index (κ3) is 0.956. The van der Waals surface area contributed by atoms with Crippen molar-refractivity contribution >= 4 is 0 Å². The Labute approximate surface area is 62.6 Å². The monoisotopic (exact) mass is 140 g/mol. The summed E-state index contributed by atoms with van der Waals surface area (Å²) < 4.78 is 0. The van der Waals surface area contributed by atoms with Gasteiger partial charge in [0.2, 0.25) is 0 Å². The summed E-state index contributed by atoms with van der Waals surface area (Å²) in [6.45, 7) is 3.99. The maximum atomic E-state index is 3.39. The predicted octanol–water partition coefficient (Wildman–Crippen LogP) is 0.300. The molecule has 0 saturated carbocycles. The summed E-state index contributed by atoms with van der Waals surface area (Å²) in [5.41, 5.74) is 0. The van der Waals surface area contributed by atoms with Crippen LogP contribution in [-0.4, -0.2) is 37.6 Å². The molecule has 2 aliphatic rings. The molecule has 0 aromatic carbocycles. The highest BCUT2D eigenvalue weighted by Gasteiger charge is 2.33. The lowest BCUT2D eigenvalue weighted by Gasteiger charge is -2.21. The van der Waals surface area contributed by atoms with Crippen LogP contribution < -0.4 is 5.32 Å². The molecule has 0 aromatic rings. The minimum atomic E-state index is 0.794. The van der Waals surface area contributed by atoms with Crippen LogP contribution in [0.5, 0.6) is 0 Å². The molecule has 10 heavy (non-hydrogen) atoms. The number of rotatable bonds is 1. The standard InChI is InChI=1S/C8H16N2/c1-9-8-6-10-4-2-3-7(8)5-10/h7-9H,2-6H2,1H3. The molecule has 2 heteroatoms. The average Bonchev–Trinajstić information content (AvgIpc) is 2.26. The maximum Gasteiger partial charge on any atom is 0.0232 e. The minimum Gasteiger partial charge on any atom is -0.315 e. The molecule has 58 valence electrons. The van der Waals surface area contributed by atoms with E-state index in [0.29, 0.717) is 0 Å². The fraction of sp³-hybridized carbons (Fsp3) is 1.00. The largest absolute Gasteiger partial charge is 0.315 e. The Morgan fingerprint density at radius 1 is 1.40 bits per heavy atom. The van der Waals surface area contributed by atoms with Crippen LogP contribution >= 0.6 is 0 Å². The Balaban J connectivity index is 2.01. The maximum absolute atomic E-state index is 3.39. The Bertz CT molecular complexity index is 124. The van der Waals surface area contributed by atoms with Crippen LogP contribution in [0.3, 0.4) is 0 Å². The zero-order valence-corrected chi connectivity index (χ0v) is 6.64. The SMILES string of the molecule is CNC1CN2CCCC1C2. The van der Waals surface area contributed by atoms with Crippen molar-refractivity contribution in [3.8, 4) is 0 Å². The van der Waals surface area contributed by atoms with Crippen molar-refractivity contribution in [2.45, 2.75) is 18.9 Å². The predicted molar refractivity (Wildman–Crippen MR) is 42.0 cm³/mol. The number of nitrogens with zero attached hydrogens (tertiary/aromatic N) is 1. The number of likely N-dealkylation sites (N-methyl/N-ethyl adjacent to an activating group) is 1. The molecule has 2 rings (SSSR count). The molecule has 2 nitrogen and oxygen atoms in total. The molecular formula is C8H16N2. The molecule has 0 radical (unpaired) electrons. The van der Waals surface area contributed by atoms with E-state index in [0.717, 1.165) is 12.0 Å². The van der Waals surface area contributed by atoms with E-state index in [9.17, 15) is 0 Å². The molecule has 2 saturated heterocycles. The molecule has 3 unspecified atom stereocenters. The summed E-state index contributed by atoms with van der Waals surface area (Å²) in [6, 6.07) is 0.794. The van der Waals surface area contributed by atoms with Gasteiger partial charge in [0, 0.05) is 19.1 Å². The van der Waals surface area contributed by atoms with Crippen LogP contribution in [0.1, 0.15) is 12.8 Å². The molecule has 3 atom stereocenters. The van der Waals surface area contributed by atoms with Gasteiger partial charge in [-0.15, -0.1) is 0 Å². The molecule has 2 fully saturated rings. The van der Waals surface area contributed by atoms with Gasteiger partial charge in [-0.1, -0.05) is 0 Å². The van der Waals surface area contributed by atoms with Crippen molar-refractivity contribution in [2.75, 3.05) is 26.7 Å². The molecular weight excluding hydrogens is 124 g/mol. The van der Waals surface area contributed by atoms with Gasteiger partial charge in [0.15, 0.2) is 0 Å². The number of nitrogens with one attached hydrogen (secondary N) is 1. The molecule has 2 heterocycles. The molecule has 0 amide bonds. The molecule has 1 N–H and O–H groups in total. The lowest BCUT2D eigenvalue weighted by molar-refractivity contribution is 0.269. The van der Waals surface area contributed by atoms with Crippen LogP contribution in [-0.2, 0) is 0 Å². The average molecular weight is 140 g/mol. The first kappa shape index (κ1) is 6.62. The van der Waals surface area contributed by atoms with E-state index in [1.54, 1.807) is 0 Å². The van der Waals surface area contributed by atoms with E-state index in [-0.39, 0.29) is 0 Å². The first-order valence-corrected chi connectivity index (χ1v) is 4.30. The second-order valence-electron chi connectivity index (χ2n) is 3.56. The lowest BCUT2D eigenvalue weighted by atomic mass is 9.97. The minimum absolute atomic E-state index is 0.794. The van der Waals surface area contributed by atoms with Gasteiger partial charge in [-0.05, 0) is 32.4 Å². The summed E-state index contributed by atoms with van der Waals surface area (Å²) in [5, 5.41) is 3.39. The van der Waals surface area contributed by atoms with Gasteiger partial charge in [-0.25, -0.2) is 0 Å². The normalized spacial score (nSPS) is 45.9. The molecule has 2 bridgehead atoms. The van der Waals surface area contributed by atoms with Gasteiger partial charge < -0.3 is 10.2 Å². The Hall–Kier alpha value is -0.0800. The Morgan fingerprint density at radius 3 is 3.00 bits per heavy atom. The Morgan fingerprint density at radius 2 is 2.30 bits per heavy atom. The third-order valence-corrected chi connectivity index (χ3v) is 2.94. The highest BCUT2D eigenvalue weighted by molar-refractivity contribution is 4.91. The molecule has 2 aliphatic heterocycles. The zero-order valence-electron chi connectivity index (χ0n) is 6.64. The van der Waals surface area contributed by atoms with Crippen molar-refractivity contribution in [3.63, 3.8) is 0 Å². The molecule has 0 aliphatic carbocycles. The molecule has 0 aromatic heterocycles. The van der Waals surface area contributed by atoms with Crippen LogP contribution in [0.15, 0.2) is 0 Å². The van der Waals surface area contributed by atoms with Crippen molar-refractivity contribution in [2.24, 2.45) is 5.92 Å². The number of hydrogen-bond acceptors (Lipinski definition) is 2. The van der Waals surface area contributed by atoms with Gasteiger partial charge in [-0.2, -0.15) is 0 Å². The highest BCUT2D eigenvalue weighted by atomic mass is 15.2. The second kappa shape index (κ2) is 2.51. The van der Waals surface area contributed by atoms with E-state index in [2.05, 4.69) is 17.3 Å². The second-order valence-corrected chi connectivity index (χ2v) is 3.56. The van der Waals surface area contributed by atoms with Crippen LogP contribution in [0.4, 0.5) is 0 Å². The fourth-order valence-corrected chi connectivity index (χ4v) is 2.34. The summed E-state index contributed by atoms with van der Waals surface area (Å²) in [6.07, 6.45) is 2.87. The van der Waals surface area contributed by atoms with E-state index < -0.39 is 0 Å². The van der Waals surface area contributed by atoms with Gasteiger partial charge in [-0.3, -0.25) is 0 Å². The first-order valence-electron chi connectivity index (χ1n) is 4.30. The summed E-state index contributed by atoms with van der Waals surface area (Å²) >= 11 is 0. The number of piperidine rings is 1. The van der Waals surface area contributed by atoms with Gasteiger partial charge in [0.25, 0.3) is 0 Å². The first-order chi connectivity index (χ1) is 4.90. The van der Waals surface area contributed by atoms with Crippen molar-refractivity contribution in [1.82, 2.24) is 10.2 Å². The summed E-state index contributed by atoms with van der Waals surface area (Å²) in [4.78, 5) is 2.58.